The molecule has 0 atom stereocenters. The van der Waals surface area contributed by atoms with Gasteiger partial charge in [0.05, 0.1) is 0 Å². The molecule has 0 saturated heterocycles. The van der Waals surface area contributed by atoms with Gasteiger partial charge in [-0.1, -0.05) is 188 Å². The predicted molar refractivity (Wildman–Crippen MR) is 218 cm³/mol. The molecule has 0 heterocycles. The van der Waals surface area contributed by atoms with Gasteiger partial charge in [0.1, 0.15) is 0 Å². The van der Waals surface area contributed by atoms with E-state index in [-0.39, 0.29) is 0 Å². The molecule has 8 aromatic carbocycles. The highest BCUT2D eigenvalue weighted by Crippen LogP contribution is 2.37. The lowest BCUT2D eigenvalue weighted by molar-refractivity contribution is 1.28. The largest absolute Gasteiger partial charge is 0.311 e. The second kappa shape index (κ2) is 14.8. The van der Waals surface area contributed by atoms with E-state index in [1.165, 1.54) is 50.1 Å². The Labute approximate surface area is 301 Å². The van der Waals surface area contributed by atoms with Crippen molar-refractivity contribution in [3.63, 3.8) is 0 Å². The minimum absolute atomic E-state index is 1.10. The van der Waals surface area contributed by atoms with Crippen LogP contribution < -0.4 is 4.90 Å². The second-order valence-electron chi connectivity index (χ2n) is 12.7. The fraction of sp³-hybridized carbons (Fsp3) is 0. The van der Waals surface area contributed by atoms with Gasteiger partial charge in [0.15, 0.2) is 0 Å². The molecule has 0 spiro atoms. The van der Waals surface area contributed by atoms with Crippen LogP contribution in [0.4, 0.5) is 17.1 Å². The summed E-state index contributed by atoms with van der Waals surface area (Å²) in [5.41, 5.74) is 15.3. The average molecular weight is 652 g/mol. The van der Waals surface area contributed by atoms with E-state index >= 15 is 0 Å². The van der Waals surface area contributed by atoms with E-state index in [0.717, 1.165) is 22.6 Å². The Morgan fingerprint density at radius 2 is 0.451 bits per heavy atom. The summed E-state index contributed by atoms with van der Waals surface area (Å²) >= 11 is 0. The Morgan fingerprint density at radius 1 is 0.216 bits per heavy atom. The van der Waals surface area contributed by atoms with Gasteiger partial charge in [0.25, 0.3) is 0 Å². The maximum atomic E-state index is 2.33. The zero-order valence-electron chi connectivity index (χ0n) is 28.3. The van der Waals surface area contributed by atoms with E-state index in [1.807, 2.05) is 6.07 Å². The van der Waals surface area contributed by atoms with Crippen LogP contribution in [0.1, 0.15) is 11.1 Å². The Morgan fingerprint density at radius 3 is 0.784 bits per heavy atom. The molecule has 0 aliphatic rings. The van der Waals surface area contributed by atoms with E-state index in [1.54, 1.807) is 0 Å². The lowest BCUT2D eigenvalue weighted by Gasteiger charge is -2.26. The van der Waals surface area contributed by atoms with E-state index in [0.29, 0.717) is 0 Å². The molecule has 1 heteroatoms. The van der Waals surface area contributed by atoms with Gasteiger partial charge in [-0.05, 0) is 92.0 Å². The van der Waals surface area contributed by atoms with Gasteiger partial charge in [0, 0.05) is 17.1 Å². The van der Waals surface area contributed by atoms with Gasteiger partial charge in [-0.2, -0.15) is 0 Å². The molecule has 0 aromatic heterocycles. The van der Waals surface area contributed by atoms with Gasteiger partial charge < -0.3 is 4.90 Å². The summed E-state index contributed by atoms with van der Waals surface area (Å²) in [6.45, 7) is 0. The lowest BCUT2D eigenvalue weighted by atomic mass is 9.99. The Hall–Kier alpha value is -6.70. The molecule has 0 aliphatic heterocycles. The normalized spacial score (nSPS) is 11.1. The van der Waals surface area contributed by atoms with Crippen LogP contribution in [-0.4, -0.2) is 0 Å². The van der Waals surface area contributed by atoms with Crippen LogP contribution in [0.5, 0.6) is 0 Å². The van der Waals surface area contributed by atoms with Gasteiger partial charge in [0.2, 0.25) is 0 Å². The predicted octanol–water partition coefficient (Wildman–Crippen LogP) is 14.0. The van der Waals surface area contributed by atoms with Crippen molar-refractivity contribution in [3.8, 4) is 44.5 Å². The van der Waals surface area contributed by atoms with E-state index in [4.69, 9.17) is 0 Å². The SMILES string of the molecule is C(=Cc1ccc(N(c2ccc(-c3ccc(-c4ccccc4)cc3)cc2)c2ccc(-c3ccc(-c4ccccc4)cc3)cc2)cc1)c1ccccc1. The molecular formula is C50H37N. The first-order chi connectivity index (χ1) is 25.3. The van der Waals surface area contributed by atoms with Gasteiger partial charge in [-0.25, -0.2) is 0 Å². The average Bonchev–Trinajstić information content (AvgIpc) is 3.22. The van der Waals surface area contributed by atoms with Crippen LogP contribution in [0.15, 0.2) is 212 Å². The summed E-state index contributed by atoms with van der Waals surface area (Å²) < 4.78 is 0. The highest BCUT2D eigenvalue weighted by Gasteiger charge is 2.14. The van der Waals surface area contributed by atoms with Crippen LogP contribution >= 0.6 is 0 Å². The zero-order chi connectivity index (χ0) is 34.2. The summed E-state index contributed by atoms with van der Waals surface area (Å²) in [5, 5.41) is 0. The fourth-order valence-electron chi connectivity index (χ4n) is 6.52. The molecular weight excluding hydrogens is 615 g/mol. The minimum Gasteiger partial charge on any atom is -0.311 e. The van der Waals surface area contributed by atoms with Crippen molar-refractivity contribution in [2.45, 2.75) is 0 Å². The molecule has 0 N–H and O–H groups in total. The summed E-state index contributed by atoms with van der Waals surface area (Å²) in [6, 6.07) is 75.7. The van der Waals surface area contributed by atoms with Crippen molar-refractivity contribution in [2.24, 2.45) is 0 Å². The number of nitrogens with zero attached hydrogens (tertiary/aromatic N) is 1. The van der Waals surface area contributed by atoms with Crippen molar-refractivity contribution in [2.75, 3.05) is 4.90 Å². The van der Waals surface area contributed by atoms with Crippen LogP contribution in [0.2, 0.25) is 0 Å². The first-order valence-corrected chi connectivity index (χ1v) is 17.4. The highest BCUT2D eigenvalue weighted by atomic mass is 15.1. The van der Waals surface area contributed by atoms with Gasteiger partial charge in [-0.15, -0.1) is 0 Å². The van der Waals surface area contributed by atoms with Gasteiger partial charge in [-0.3, -0.25) is 0 Å². The lowest BCUT2D eigenvalue weighted by Crippen LogP contribution is -2.09. The molecule has 0 radical (unpaired) electrons. The summed E-state index contributed by atoms with van der Waals surface area (Å²) in [5.74, 6) is 0. The first kappa shape index (κ1) is 31.6. The molecule has 8 aromatic rings. The zero-order valence-corrected chi connectivity index (χ0v) is 28.3. The molecule has 8 rings (SSSR count). The number of hydrogen-bond donors (Lipinski definition) is 0. The van der Waals surface area contributed by atoms with E-state index in [9.17, 15) is 0 Å². The third-order valence-corrected chi connectivity index (χ3v) is 9.32. The molecule has 0 bridgehead atoms. The van der Waals surface area contributed by atoms with Crippen LogP contribution in [-0.2, 0) is 0 Å². The van der Waals surface area contributed by atoms with Crippen LogP contribution in [0, 0.1) is 0 Å². The third-order valence-electron chi connectivity index (χ3n) is 9.32. The number of hydrogen-bond acceptors (Lipinski definition) is 1. The van der Waals surface area contributed by atoms with Crippen molar-refractivity contribution in [1.29, 1.82) is 0 Å². The standard InChI is InChI=1S/C50H37N/c1-4-10-38(11-5-1)16-17-39-18-32-48(33-19-39)51(49-34-28-46(29-35-49)44-24-20-42(21-25-44)40-12-6-2-7-13-40)50-36-30-47(31-37-50)45-26-22-43(23-27-45)41-14-8-3-9-15-41/h1-37H. The summed E-state index contributed by atoms with van der Waals surface area (Å²) in [7, 11) is 0. The summed E-state index contributed by atoms with van der Waals surface area (Å²) in [6.07, 6.45) is 4.32. The maximum absolute atomic E-state index is 2.33. The van der Waals surface area contributed by atoms with Crippen molar-refractivity contribution in [3.05, 3.63) is 223 Å². The van der Waals surface area contributed by atoms with Crippen LogP contribution in [0.3, 0.4) is 0 Å². The number of rotatable bonds is 9. The topological polar surface area (TPSA) is 3.24 Å². The number of anilines is 3. The Balaban J connectivity index is 1.08. The molecule has 0 saturated carbocycles. The smallest absolute Gasteiger partial charge is 0.0462 e. The Bertz CT molecular complexity index is 2200. The first-order valence-electron chi connectivity index (χ1n) is 17.4. The quantitative estimate of drug-likeness (QED) is 0.140. The fourth-order valence-corrected chi connectivity index (χ4v) is 6.52. The Kier molecular flexibility index (Phi) is 9.17. The molecule has 0 aliphatic carbocycles. The summed E-state index contributed by atoms with van der Waals surface area (Å²) in [4.78, 5) is 2.33. The highest BCUT2D eigenvalue weighted by molar-refractivity contribution is 5.81. The van der Waals surface area contributed by atoms with Crippen molar-refractivity contribution < 1.29 is 0 Å². The van der Waals surface area contributed by atoms with Crippen LogP contribution in [0.25, 0.3) is 56.7 Å². The third kappa shape index (κ3) is 7.34. The molecule has 1 nitrogen and oxygen atoms in total. The maximum Gasteiger partial charge on any atom is 0.0462 e. The second-order valence-corrected chi connectivity index (χ2v) is 12.7. The minimum atomic E-state index is 1.10. The molecule has 0 unspecified atom stereocenters. The molecule has 0 fully saturated rings. The van der Waals surface area contributed by atoms with Crippen molar-refractivity contribution in [1.82, 2.24) is 0 Å². The van der Waals surface area contributed by atoms with Gasteiger partial charge >= 0.3 is 0 Å². The molecule has 51 heavy (non-hydrogen) atoms. The van der Waals surface area contributed by atoms with E-state index in [2.05, 4.69) is 223 Å². The molecule has 242 valence electrons. The number of benzene rings is 8. The van der Waals surface area contributed by atoms with E-state index < -0.39 is 0 Å². The van der Waals surface area contributed by atoms with Crippen molar-refractivity contribution >= 4 is 29.2 Å². The monoisotopic (exact) mass is 651 g/mol. The molecule has 0 amide bonds.